The van der Waals surface area contributed by atoms with Crippen LogP contribution in [0.15, 0.2) is 6.33 Å². The number of nitrogens with zero attached hydrogens (tertiary/aromatic N) is 2. The summed E-state index contributed by atoms with van der Waals surface area (Å²) in [5.41, 5.74) is 1.12. The lowest BCUT2D eigenvalue weighted by molar-refractivity contribution is 0.544. The molecule has 0 atom stereocenters. The van der Waals surface area contributed by atoms with Gasteiger partial charge in [-0.25, -0.2) is 9.97 Å². The highest BCUT2D eigenvalue weighted by Gasteiger charge is 2.17. The molecule has 0 bridgehead atoms. The van der Waals surface area contributed by atoms with Gasteiger partial charge in [0.1, 0.15) is 18.0 Å². The van der Waals surface area contributed by atoms with Crippen LogP contribution in [0.3, 0.4) is 0 Å². The molecule has 84 valence electrons. The molecule has 2 N–H and O–H groups in total. The Morgan fingerprint density at radius 2 is 1.87 bits per heavy atom. The molecular weight excluding hydrogens is 188 g/mol. The zero-order chi connectivity index (χ0) is 11.5. The van der Waals surface area contributed by atoms with Crippen molar-refractivity contribution >= 4 is 11.6 Å². The summed E-state index contributed by atoms with van der Waals surface area (Å²) < 4.78 is 0. The van der Waals surface area contributed by atoms with Gasteiger partial charge in [0.15, 0.2) is 0 Å². The van der Waals surface area contributed by atoms with E-state index in [1.165, 1.54) is 0 Å². The number of rotatable bonds is 4. The van der Waals surface area contributed by atoms with E-state index in [4.69, 9.17) is 0 Å². The fourth-order valence-electron chi connectivity index (χ4n) is 1.24. The van der Waals surface area contributed by atoms with Crippen molar-refractivity contribution in [2.75, 3.05) is 17.7 Å². The van der Waals surface area contributed by atoms with Crippen molar-refractivity contribution in [1.82, 2.24) is 9.97 Å². The molecule has 0 aliphatic rings. The summed E-state index contributed by atoms with van der Waals surface area (Å²) in [6.45, 7) is 8.49. The van der Waals surface area contributed by atoms with Crippen LogP contribution in [0.25, 0.3) is 0 Å². The molecule has 0 amide bonds. The molecule has 0 fully saturated rings. The van der Waals surface area contributed by atoms with E-state index in [9.17, 15) is 0 Å². The average molecular weight is 208 g/mol. The minimum absolute atomic E-state index is 0.0596. The molecular formula is C11H20N4. The van der Waals surface area contributed by atoms with Crippen molar-refractivity contribution in [3.8, 4) is 0 Å². The Kier molecular flexibility index (Phi) is 3.50. The van der Waals surface area contributed by atoms with Gasteiger partial charge in [-0.2, -0.15) is 0 Å². The Morgan fingerprint density at radius 1 is 1.27 bits per heavy atom. The van der Waals surface area contributed by atoms with Crippen LogP contribution in [0, 0.1) is 6.92 Å². The average Bonchev–Trinajstić information content (AvgIpc) is 2.21. The predicted octanol–water partition coefficient (Wildman–Crippen LogP) is 2.43. The number of hydrogen-bond donors (Lipinski definition) is 2. The lowest BCUT2D eigenvalue weighted by atomic mass is 10.0. The molecule has 0 spiro atoms. The molecule has 4 heteroatoms. The summed E-state index contributed by atoms with van der Waals surface area (Å²) >= 11 is 0. The summed E-state index contributed by atoms with van der Waals surface area (Å²) in [7, 11) is 1.87. The fourth-order valence-corrected chi connectivity index (χ4v) is 1.24. The van der Waals surface area contributed by atoms with Crippen molar-refractivity contribution < 1.29 is 0 Å². The van der Waals surface area contributed by atoms with Gasteiger partial charge in [-0.1, -0.05) is 6.92 Å². The van der Waals surface area contributed by atoms with Gasteiger partial charge in [-0.3, -0.25) is 0 Å². The van der Waals surface area contributed by atoms with Gasteiger partial charge in [-0.05, 0) is 27.2 Å². The highest BCUT2D eigenvalue weighted by atomic mass is 15.1. The molecule has 0 aliphatic carbocycles. The quantitative estimate of drug-likeness (QED) is 0.798. The molecule has 0 saturated heterocycles. The molecule has 4 nitrogen and oxygen atoms in total. The molecule has 0 saturated carbocycles. The van der Waals surface area contributed by atoms with Gasteiger partial charge in [0.2, 0.25) is 0 Å². The van der Waals surface area contributed by atoms with E-state index in [0.29, 0.717) is 0 Å². The Morgan fingerprint density at radius 3 is 2.40 bits per heavy atom. The normalized spacial score (nSPS) is 11.3. The summed E-state index contributed by atoms with van der Waals surface area (Å²) in [5, 5.41) is 6.47. The number of nitrogens with one attached hydrogen (secondary N) is 2. The first-order valence-corrected chi connectivity index (χ1v) is 5.27. The van der Waals surface area contributed by atoms with Crippen molar-refractivity contribution in [2.24, 2.45) is 0 Å². The summed E-state index contributed by atoms with van der Waals surface area (Å²) in [4.78, 5) is 8.41. The fraction of sp³-hybridized carbons (Fsp3) is 0.636. The number of anilines is 2. The van der Waals surface area contributed by atoms with E-state index in [1.807, 2.05) is 14.0 Å². The number of hydrogen-bond acceptors (Lipinski definition) is 4. The van der Waals surface area contributed by atoms with Gasteiger partial charge in [0, 0.05) is 18.2 Å². The lowest BCUT2D eigenvalue weighted by Crippen LogP contribution is -2.30. The predicted molar refractivity (Wildman–Crippen MR) is 64.3 cm³/mol. The van der Waals surface area contributed by atoms with Crippen molar-refractivity contribution in [2.45, 2.75) is 39.7 Å². The smallest absolute Gasteiger partial charge is 0.134 e. The Labute approximate surface area is 91.5 Å². The van der Waals surface area contributed by atoms with Crippen molar-refractivity contribution in [3.63, 3.8) is 0 Å². The SMILES string of the molecule is CCC(C)(C)Nc1ncnc(NC)c1C. The zero-order valence-corrected chi connectivity index (χ0v) is 10.2. The highest BCUT2D eigenvalue weighted by molar-refractivity contribution is 5.56. The molecule has 15 heavy (non-hydrogen) atoms. The molecule has 0 radical (unpaired) electrons. The van der Waals surface area contributed by atoms with Crippen LogP contribution >= 0.6 is 0 Å². The molecule has 1 aromatic rings. The Hall–Kier alpha value is -1.32. The third-order valence-corrected chi connectivity index (χ3v) is 2.66. The van der Waals surface area contributed by atoms with Gasteiger partial charge in [-0.15, -0.1) is 0 Å². The van der Waals surface area contributed by atoms with E-state index < -0.39 is 0 Å². The van der Waals surface area contributed by atoms with Crippen molar-refractivity contribution in [3.05, 3.63) is 11.9 Å². The highest BCUT2D eigenvalue weighted by Crippen LogP contribution is 2.22. The second kappa shape index (κ2) is 4.47. The van der Waals surface area contributed by atoms with Crippen LogP contribution in [0.2, 0.25) is 0 Å². The van der Waals surface area contributed by atoms with E-state index in [0.717, 1.165) is 23.6 Å². The van der Waals surface area contributed by atoms with Gasteiger partial charge >= 0.3 is 0 Å². The largest absolute Gasteiger partial charge is 0.373 e. The number of aromatic nitrogens is 2. The molecule has 0 aromatic carbocycles. The van der Waals surface area contributed by atoms with E-state index in [-0.39, 0.29) is 5.54 Å². The van der Waals surface area contributed by atoms with Crippen LogP contribution < -0.4 is 10.6 Å². The molecule has 0 aliphatic heterocycles. The monoisotopic (exact) mass is 208 g/mol. The zero-order valence-electron chi connectivity index (χ0n) is 10.2. The Bertz CT molecular complexity index is 333. The summed E-state index contributed by atoms with van der Waals surface area (Å²) in [6, 6.07) is 0. The van der Waals surface area contributed by atoms with Crippen LogP contribution in [-0.4, -0.2) is 22.6 Å². The maximum atomic E-state index is 4.26. The van der Waals surface area contributed by atoms with Crippen LogP contribution in [0.1, 0.15) is 32.8 Å². The minimum Gasteiger partial charge on any atom is -0.373 e. The lowest BCUT2D eigenvalue weighted by Gasteiger charge is -2.26. The second-order valence-electron chi connectivity index (χ2n) is 4.31. The third kappa shape index (κ3) is 2.81. The topological polar surface area (TPSA) is 49.8 Å². The Balaban J connectivity index is 2.95. The van der Waals surface area contributed by atoms with Gasteiger partial charge in [0.25, 0.3) is 0 Å². The van der Waals surface area contributed by atoms with Gasteiger partial charge in [0.05, 0.1) is 0 Å². The maximum Gasteiger partial charge on any atom is 0.134 e. The standard InChI is InChI=1S/C11H20N4/c1-6-11(3,4)15-10-8(2)9(12-5)13-7-14-10/h7H,6H2,1-5H3,(H2,12,13,14,15). The van der Waals surface area contributed by atoms with E-state index in [1.54, 1.807) is 6.33 Å². The van der Waals surface area contributed by atoms with Crippen LogP contribution in [-0.2, 0) is 0 Å². The minimum atomic E-state index is 0.0596. The second-order valence-corrected chi connectivity index (χ2v) is 4.31. The molecule has 1 heterocycles. The van der Waals surface area contributed by atoms with Crippen LogP contribution in [0.5, 0.6) is 0 Å². The maximum absolute atomic E-state index is 4.26. The molecule has 1 rings (SSSR count). The molecule has 0 unspecified atom stereocenters. The third-order valence-electron chi connectivity index (χ3n) is 2.66. The van der Waals surface area contributed by atoms with E-state index in [2.05, 4.69) is 41.4 Å². The first kappa shape index (κ1) is 11.8. The first-order valence-electron chi connectivity index (χ1n) is 5.27. The van der Waals surface area contributed by atoms with E-state index >= 15 is 0 Å². The van der Waals surface area contributed by atoms with Gasteiger partial charge < -0.3 is 10.6 Å². The first-order chi connectivity index (χ1) is 7.00. The van der Waals surface area contributed by atoms with Crippen LogP contribution in [0.4, 0.5) is 11.6 Å². The summed E-state index contributed by atoms with van der Waals surface area (Å²) in [5.74, 6) is 1.78. The summed E-state index contributed by atoms with van der Waals surface area (Å²) in [6.07, 6.45) is 2.62. The molecule has 1 aromatic heterocycles. The van der Waals surface area contributed by atoms with Crippen molar-refractivity contribution in [1.29, 1.82) is 0 Å².